The van der Waals surface area contributed by atoms with Crippen LogP contribution in [0.25, 0.3) is 0 Å². The van der Waals surface area contributed by atoms with Crippen LogP contribution in [-0.4, -0.2) is 76.5 Å². The van der Waals surface area contributed by atoms with Crippen molar-refractivity contribution in [2.75, 3.05) is 59.6 Å². The topological polar surface area (TPSA) is 62.8 Å². The first kappa shape index (κ1) is 17.4. The Labute approximate surface area is 122 Å². The number of ether oxygens (including phenoxy) is 2. The molecule has 0 bridgehead atoms. The van der Waals surface area contributed by atoms with Crippen molar-refractivity contribution in [2.45, 2.75) is 20.0 Å². The number of carbonyl (C=O) groups is 1. The minimum Gasteiger partial charge on any atom is -0.379 e. The van der Waals surface area contributed by atoms with Gasteiger partial charge in [0.25, 0.3) is 0 Å². The van der Waals surface area contributed by atoms with Crippen LogP contribution in [0.2, 0.25) is 0 Å². The van der Waals surface area contributed by atoms with Gasteiger partial charge in [0.05, 0.1) is 25.9 Å². The van der Waals surface area contributed by atoms with Gasteiger partial charge in [0.2, 0.25) is 5.91 Å². The van der Waals surface area contributed by atoms with Gasteiger partial charge in [0.1, 0.15) is 0 Å². The normalized spacial score (nSPS) is 20.3. The van der Waals surface area contributed by atoms with E-state index in [9.17, 15) is 4.79 Å². The van der Waals surface area contributed by atoms with Gasteiger partial charge in [-0.1, -0.05) is 13.8 Å². The van der Waals surface area contributed by atoms with Crippen molar-refractivity contribution in [1.82, 2.24) is 15.5 Å². The van der Waals surface area contributed by atoms with Gasteiger partial charge in [-0.05, 0) is 7.05 Å². The first-order chi connectivity index (χ1) is 9.63. The molecule has 0 radical (unpaired) electrons. The lowest BCUT2D eigenvalue weighted by molar-refractivity contribution is -0.125. The number of amides is 1. The molecule has 0 spiro atoms. The Morgan fingerprint density at radius 3 is 2.95 bits per heavy atom. The number of rotatable bonds is 9. The third-order valence-electron chi connectivity index (χ3n) is 3.30. The molecule has 0 aromatic heterocycles. The van der Waals surface area contributed by atoms with Crippen molar-refractivity contribution >= 4 is 5.91 Å². The van der Waals surface area contributed by atoms with Gasteiger partial charge in [-0.15, -0.1) is 0 Å². The first-order valence-electron chi connectivity index (χ1n) is 7.47. The Hall–Kier alpha value is -0.690. The molecular formula is C14H29N3O3. The van der Waals surface area contributed by atoms with Gasteiger partial charge >= 0.3 is 0 Å². The zero-order valence-electron chi connectivity index (χ0n) is 13.0. The predicted molar refractivity (Wildman–Crippen MR) is 78.8 cm³/mol. The highest BCUT2D eigenvalue weighted by Gasteiger charge is 2.21. The fraction of sp³-hybridized carbons (Fsp3) is 0.929. The maximum atomic E-state index is 11.5. The maximum Gasteiger partial charge on any atom is 0.222 e. The van der Waals surface area contributed by atoms with E-state index in [-0.39, 0.29) is 17.9 Å². The van der Waals surface area contributed by atoms with Crippen LogP contribution >= 0.6 is 0 Å². The van der Waals surface area contributed by atoms with E-state index in [1.54, 1.807) is 0 Å². The molecule has 1 fully saturated rings. The van der Waals surface area contributed by atoms with Crippen LogP contribution in [0.1, 0.15) is 13.8 Å². The average Bonchev–Trinajstić information content (AvgIpc) is 2.45. The third kappa shape index (κ3) is 7.19. The third-order valence-corrected chi connectivity index (χ3v) is 3.30. The standard InChI is InChI=1S/C14H29N3O3/c1-12(2)14(18)16-10-13-11-17(6-9-20-13)5-8-19-7-4-15-3/h12-13,15H,4-11H2,1-3H3,(H,16,18). The van der Waals surface area contributed by atoms with Crippen LogP contribution in [0.3, 0.4) is 0 Å². The number of hydrogen-bond acceptors (Lipinski definition) is 5. The molecule has 1 saturated heterocycles. The lowest BCUT2D eigenvalue weighted by Gasteiger charge is -2.33. The molecule has 1 aliphatic rings. The van der Waals surface area contributed by atoms with E-state index in [0.29, 0.717) is 6.54 Å². The van der Waals surface area contributed by atoms with Crippen LogP contribution < -0.4 is 10.6 Å². The lowest BCUT2D eigenvalue weighted by atomic mass is 10.2. The minimum absolute atomic E-state index is 0.0234. The fourth-order valence-electron chi connectivity index (χ4n) is 2.00. The monoisotopic (exact) mass is 287 g/mol. The van der Waals surface area contributed by atoms with Gasteiger partial charge in [-0.2, -0.15) is 0 Å². The van der Waals surface area contributed by atoms with Gasteiger partial charge in [0, 0.05) is 38.6 Å². The van der Waals surface area contributed by atoms with Crippen LogP contribution in [0.15, 0.2) is 0 Å². The number of nitrogens with one attached hydrogen (secondary N) is 2. The molecule has 118 valence electrons. The molecule has 0 aromatic rings. The van der Waals surface area contributed by atoms with E-state index < -0.39 is 0 Å². The number of hydrogen-bond donors (Lipinski definition) is 2. The average molecular weight is 287 g/mol. The molecule has 1 rings (SSSR count). The second-order valence-electron chi connectivity index (χ2n) is 5.41. The summed E-state index contributed by atoms with van der Waals surface area (Å²) >= 11 is 0. The van der Waals surface area contributed by atoms with Crippen molar-refractivity contribution in [3.63, 3.8) is 0 Å². The molecule has 2 N–H and O–H groups in total. The molecule has 1 amide bonds. The highest BCUT2D eigenvalue weighted by molar-refractivity contribution is 5.77. The molecule has 1 atom stereocenters. The molecule has 6 nitrogen and oxygen atoms in total. The summed E-state index contributed by atoms with van der Waals surface area (Å²) < 4.78 is 11.2. The summed E-state index contributed by atoms with van der Waals surface area (Å²) in [4.78, 5) is 13.9. The Morgan fingerprint density at radius 1 is 1.45 bits per heavy atom. The Bertz CT molecular complexity index is 274. The molecule has 0 aromatic carbocycles. The second kappa shape index (κ2) is 10.1. The SMILES string of the molecule is CNCCOCCN1CCOC(CNC(=O)C(C)C)C1. The van der Waals surface area contributed by atoms with E-state index in [0.717, 1.165) is 46.0 Å². The van der Waals surface area contributed by atoms with Gasteiger partial charge in [-0.3, -0.25) is 9.69 Å². The Balaban J connectivity index is 2.13. The number of morpholine rings is 1. The summed E-state index contributed by atoms with van der Waals surface area (Å²) in [6.45, 7) is 10.2. The highest BCUT2D eigenvalue weighted by atomic mass is 16.5. The summed E-state index contributed by atoms with van der Waals surface area (Å²) in [6.07, 6.45) is 0.0868. The summed E-state index contributed by atoms with van der Waals surface area (Å²) in [6, 6.07) is 0. The number of likely N-dealkylation sites (N-methyl/N-ethyl adjacent to an activating group) is 1. The number of carbonyl (C=O) groups excluding carboxylic acids is 1. The molecule has 0 saturated carbocycles. The largest absolute Gasteiger partial charge is 0.379 e. The van der Waals surface area contributed by atoms with E-state index in [4.69, 9.17) is 9.47 Å². The van der Waals surface area contributed by atoms with Crippen molar-refractivity contribution < 1.29 is 14.3 Å². The molecule has 1 unspecified atom stereocenters. The summed E-state index contributed by atoms with van der Waals surface area (Å²) in [7, 11) is 1.92. The smallest absolute Gasteiger partial charge is 0.222 e. The van der Waals surface area contributed by atoms with E-state index in [1.165, 1.54) is 0 Å². The highest BCUT2D eigenvalue weighted by Crippen LogP contribution is 2.04. The first-order valence-corrected chi connectivity index (χ1v) is 7.47. The van der Waals surface area contributed by atoms with Crippen LogP contribution in [0, 0.1) is 5.92 Å². The van der Waals surface area contributed by atoms with Gasteiger partial charge < -0.3 is 20.1 Å². The molecule has 20 heavy (non-hydrogen) atoms. The van der Waals surface area contributed by atoms with Gasteiger partial charge in [0.15, 0.2) is 0 Å². The summed E-state index contributed by atoms with van der Waals surface area (Å²) in [5.41, 5.74) is 0. The fourth-order valence-corrected chi connectivity index (χ4v) is 2.00. The second-order valence-corrected chi connectivity index (χ2v) is 5.41. The number of nitrogens with zero attached hydrogens (tertiary/aromatic N) is 1. The zero-order valence-corrected chi connectivity index (χ0v) is 13.0. The molecule has 0 aliphatic carbocycles. The molecular weight excluding hydrogens is 258 g/mol. The molecule has 6 heteroatoms. The quantitative estimate of drug-likeness (QED) is 0.570. The maximum absolute atomic E-state index is 11.5. The zero-order chi connectivity index (χ0) is 14.8. The van der Waals surface area contributed by atoms with Crippen molar-refractivity contribution in [3.8, 4) is 0 Å². The van der Waals surface area contributed by atoms with E-state index in [1.807, 2.05) is 20.9 Å². The Kier molecular flexibility index (Phi) is 8.77. The lowest BCUT2D eigenvalue weighted by Crippen LogP contribution is -2.48. The van der Waals surface area contributed by atoms with Crippen molar-refractivity contribution in [1.29, 1.82) is 0 Å². The van der Waals surface area contributed by atoms with Crippen LogP contribution in [0.4, 0.5) is 0 Å². The van der Waals surface area contributed by atoms with Gasteiger partial charge in [-0.25, -0.2) is 0 Å². The molecule has 1 heterocycles. The van der Waals surface area contributed by atoms with E-state index in [2.05, 4.69) is 15.5 Å². The van der Waals surface area contributed by atoms with Crippen molar-refractivity contribution in [2.24, 2.45) is 5.92 Å². The summed E-state index contributed by atoms with van der Waals surface area (Å²) in [5.74, 6) is 0.108. The Morgan fingerprint density at radius 2 is 2.25 bits per heavy atom. The van der Waals surface area contributed by atoms with Crippen LogP contribution in [0.5, 0.6) is 0 Å². The molecule has 1 aliphatic heterocycles. The van der Waals surface area contributed by atoms with E-state index >= 15 is 0 Å². The van der Waals surface area contributed by atoms with Crippen molar-refractivity contribution in [3.05, 3.63) is 0 Å². The summed E-state index contributed by atoms with van der Waals surface area (Å²) in [5, 5.41) is 5.98. The predicted octanol–water partition coefficient (Wildman–Crippen LogP) is -0.305. The van der Waals surface area contributed by atoms with Crippen LogP contribution in [-0.2, 0) is 14.3 Å². The minimum atomic E-state index is 0.0234.